The zero-order valence-corrected chi connectivity index (χ0v) is 16.8. The maximum absolute atomic E-state index is 5.73. The summed E-state index contributed by atoms with van der Waals surface area (Å²) < 4.78 is 29.0. The molecule has 0 unspecified atom stereocenters. The highest BCUT2D eigenvalue weighted by Crippen LogP contribution is 2.27. The fourth-order valence-corrected chi connectivity index (χ4v) is 8.43. The second-order valence-electron chi connectivity index (χ2n) is 4.26. The van der Waals surface area contributed by atoms with E-state index >= 15 is 0 Å². The summed E-state index contributed by atoms with van der Waals surface area (Å²) in [5.41, 5.74) is 0. The zero-order chi connectivity index (χ0) is 14.8. The fourth-order valence-electron chi connectivity index (χ4n) is 2.01. The molecule has 0 radical (unpaired) electrons. The van der Waals surface area contributed by atoms with Crippen molar-refractivity contribution in [1.29, 1.82) is 0 Å². The van der Waals surface area contributed by atoms with Crippen molar-refractivity contribution in [2.45, 2.75) is 31.0 Å². The minimum absolute atomic E-state index is 0.731. The highest BCUT2D eigenvalue weighted by Gasteiger charge is 2.44. The van der Waals surface area contributed by atoms with Gasteiger partial charge in [0.1, 0.15) is 0 Å². The molecule has 19 heavy (non-hydrogen) atoms. The smallest absolute Gasteiger partial charge is 0.398 e. The van der Waals surface area contributed by atoms with E-state index in [1.807, 2.05) is 0 Å². The number of hydrogen-bond donors (Lipinski definition) is 0. The summed E-state index contributed by atoms with van der Waals surface area (Å²) in [6, 6.07) is 2.57. The molecular formula is C11H27IO5Si2. The molecule has 8 heteroatoms. The number of rotatable bonds is 12. The Morgan fingerprint density at radius 1 is 0.684 bits per heavy atom. The molecule has 0 aromatic heterocycles. The molecule has 5 nitrogen and oxygen atoms in total. The van der Waals surface area contributed by atoms with Crippen LogP contribution in [0.3, 0.4) is 0 Å². The van der Waals surface area contributed by atoms with Crippen molar-refractivity contribution < 1.29 is 22.1 Å². The first-order chi connectivity index (χ1) is 9.07. The summed E-state index contributed by atoms with van der Waals surface area (Å²) in [7, 11) is 3.72. The van der Waals surface area contributed by atoms with Gasteiger partial charge in [0.2, 0.25) is 0 Å². The van der Waals surface area contributed by atoms with Crippen LogP contribution in [0.1, 0.15) is 12.8 Å². The van der Waals surface area contributed by atoms with E-state index in [-0.39, 0.29) is 0 Å². The molecule has 116 valence electrons. The lowest BCUT2D eigenvalue weighted by atomic mass is 10.4. The third kappa shape index (κ3) is 6.51. The van der Waals surface area contributed by atoms with Crippen LogP contribution in [-0.4, -0.2) is 57.3 Å². The first kappa shape index (κ1) is 20.0. The van der Waals surface area contributed by atoms with Crippen molar-refractivity contribution >= 4 is 40.0 Å². The van der Waals surface area contributed by atoms with E-state index < -0.39 is 17.4 Å². The van der Waals surface area contributed by atoms with Gasteiger partial charge < -0.3 is 22.1 Å². The molecule has 0 atom stereocenters. The predicted molar refractivity (Wildman–Crippen MR) is 89.1 cm³/mol. The van der Waals surface area contributed by atoms with E-state index in [1.165, 1.54) is 10.8 Å². The van der Waals surface area contributed by atoms with Gasteiger partial charge in [0.25, 0.3) is 0 Å². The van der Waals surface area contributed by atoms with Crippen LogP contribution in [0.4, 0.5) is 0 Å². The van der Waals surface area contributed by atoms with Crippen LogP contribution in [0, 0.1) is 0 Å². The summed E-state index contributed by atoms with van der Waals surface area (Å²) >= 11 is 2.40. The molecule has 0 rings (SSSR count). The summed E-state index contributed by atoms with van der Waals surface area (Å²) in [5.74, 6) is 0. The van der Waals surface area contributed by atoms with Gasteiger partial charge >= 0.3 is 17.4 Å². The quantitative estimate of drug-likeness (QED) is 0.210. The van der Waals surface area contributed by atoms with Gasteiger partial charge in [0, 0.05) is 41.6 Å². The van der Waals surface area contributed by atoms with Crippen molar-refractivity contribution in [2.75, 3.05) is 40.0 Å². The second-order valence-corrected chi connectivity index (χ2v) is 12.1. The van der Waals surface area contributed by atoms with Crippen molar-refractivity contribution in [3.63, 3.8) is 0 Å². The van der Waals surface area contributed by atoms with Crippen molar-refractivity contribution in [2.24, 2.45) is 0 Å². The van der Waals surface area contributed by atoms with E-state index in [1.54, 1.807) is 35.5 Å². The van der Waals surface area contributed by atoms with Crippen LogP contribution in [0.25, 0.3) is 0 Å². The summed E-state index contributed by atoms with van der Waals surface area (Å²) in [6.07, 6.45) is 2.34. The van der Waals surface area contributed by atoms with E-state index in [4.69, 9.17) is 22.1 Å². The minimum atomic E-state index is -2.53. The van der Waals surface area contributed by atoms with Crippen LogP contribution >= 0.6 is 22.6 Å². The molecule has 0 bridgehead atoms. The van der Waals surface area contributed by atoms with Crippen LogP contribution in [0.5, 0.6) is 0 Å². The molecule has 0 fully saturated rings. The molecule has 0 saturated carbocycles. The van der Waals surface area contributed by atoms with E-state index in [0.29, 0.717) is 0 Å². The van der Waals surface area contributed by atoms with E-state index in [2.05, 4.69) is 22.6 Å². The van der Waals surface area contributed by atoms with Gasteiger partial charge in [-0.3, -0.25) is 0 Å². The molecule has 0 aliphatic carbocycles. The average molecular weight is 422 g/mol. The normalized spacial score (nSPS) is 12.9. The van der Waals surface area contributed by atoms with E-state index in [0.717, 1.165) is 24.6 Å². The molecule has 0 aliphatic rings. The maximum Gasteiger partial charge on any atom is 0.500 e. The Labute approximate surface area is 133 Å². The Kier molecular flexibility index (Phi) is 11.2. The molecule has 0 spiro atoms. The van der Waals surface area contributed by atoms with Gasteiger partial charge in [0.15, 0.2) is 0 Å². The summed E-state index contributed by atoms with van der Waals surface area (Å²) in [5, 5.41) is 0. The Morgan fingerprint density at radius 2 is 1.21 bits per heavy atom. The third-order valence-corrected chi connectivity index (χ3v) is 11.0. The number of unbranched alkanes of at least 4 members (excludes halogenated alkanes) is 1. The molecule has 0 N–H and O–H groups in total. The van der Waals surface area contributed by atoms with Crippen LogP contribution in [0.15, 0.2) is 0 Å². The standard InChI is InChI=1S/C11H27IO5Si2/c1-13-18(14-2,9-7-6-8-12)10-11-19(15-3,16-4)17-5/h6-11H2,1-5H3. The maximum atomic E-state index is 5.73. The minimum Gasteiger partial charge on any atom is -0.398 e. The Hall–Kier alpha value is 0.964. The first-order valence-electron chi connectivity index (χ1n) is 6.39. The second kappa shape index (κ2) is 10.7. The SMILES string of the molecule is CO[Si](CCCCI)(CC[Si](OC)(OC)OC)OC. The molecular weight excluding hydrogens is 395 g/mol. The van der Waals surface area contributed by atoms with E-state index in [9.17, 15) is 0 Å². The lowest BCUT2D eigenvalue weighted by Crippen LogP contribution is -2.47. The Bertz CT molecular complexity index is 217. The lowest BCUT2D eigenvalue weighted by Gasteiger charge is -2.31. The Balaban J connectivity index is 4.55. The predicted octanol–water partition coefficient (Wildman–Crippen LogP) is 2.81. The highest BCUT2D eigenvalue weighted by atomic mass is 127. The van der Waals surface area contributed by atoms with Gasteiger partial charge in [-0.05, 0) is 22.9 Å². The molecule has 0 amide bonds. The summed E-state index contributed by atoms with van der Waals surface area (Å²) in [4.78, 5) is 0. The van der Waals surface area contributed by atoms with Crippen molar-refractivity contribution in [3.05, 3.63) is 0 Å². The third-order valence-electron chi connectivity index (χ3n) is 3.43. The van der Waals surface area contributed by atoms with Gasteiger partial charge in [0.05, 0.1) is 0 Å². The monoisotopic (exact) mass is 422 g/mol. The molecule has 0 aromatic rings. The van der Waals surface area contributed by atoms with Crippen molar-refractivity contribution in [3.8, 4) is 0 Å². The topological polar surface area (TPSA) is 46.2 Å². The van der Waals surface area contributed by atoms with Crippen LogP contribution in [0.2, 0.25) is 18.1 Å². The summed E-state index contributed by atoms with van der Waals surface area (Å²) in [6.45, 7) is 0. The first-order valence-corrected chi connectivity index (χ1v) is 12.1. The Morgan fingerprint density at radius 3 is 1.58 bits per heavy atom. The van der Waals surface area contributed by atoms with Gasteiger partial charge in [-0.15, -0.1) is 0 Å². The molecule has 0 saturated heterocycles. The largest absolute Gasteiger partial charge is 0.500 e. The highest BCUT2D eigenvalue weighted by molar-refractivity contribution is 14.1. The van der Waals surface area contributed by atoms with Gasteiger partial charge in [-0.25, -0.2) is 0 Å². The van der Waals surface area contributed by atoms with Gasteiger partial charge in [-0.2, -0.15) is 0 Å². The number of hydrogen-bond acceptors (Lipinski definition) is 5. The molecule has 0 heterocycles. The number of halogens is 1. The van der Waals surface area contributed by atoms with Crippen molar-refractivity contribution in [1.82, 2.24) is 0 Å². The average Bonchev–Trinajstić information content (AvgIpc) is 2.47. The van der Waals surface area contributed by atoms with Crippen LogP contribution in [-0.2, 0) is 22.1 Å². The molecule has 0 aromatic carbocycles. The lowest BCUT2D eigenvalue weighted by molar-refractivity contribution is 0.123. The fraction of sp³-hybridized carbons (Fsp3) is 1.00. The van der Waals surface area contributed by atoms with Gasteiger partial charge in [-0.1, -0.05) is 29.0 Å². The zero-order valence-electron chi connectivity index (χ0n) is 12.7. The number of alkyl halides is 1. The van der Waals surface area contributed by atoms with Crippen LogP contribution < -0.4 is 0 Å². The molecule has 0 aliphatic heterocycles.